The van der Waals surface area contributed by atoms with Crippen LogP contribution in [0.2, 0.25) is 0 Å². The number of hydrogen-bond acceptors (Lipinski definition) is 3. The van der Waals surface area contributed by atoms with Crippen molar-refractivity contribution in [2.45, 2.75) is 24.7 Å². The molecule has 27 heavy (non-hydrogen) atoms. The Morgan fingerprint density at radius 2 is 2.11 bits per heavy atom. The van der Waals surface area contributed by atoms with Crippen molar-refractivity contribution in [3.05, 3.63) is 35.6 Å². The van der Waals surface area contributed by atoms with E-state index in [0.717, 1.165) is 5.56 Å². The summed E-state index contributed by atoms with van der Waals surface area (Å²) >= 11 is 0. The lowest BCUT2D eigenvalue weighted by molar-refractivity contribution is -0.143. The van der Waals surface area contributed by atoms with Gasteiger partial charge in [-0.2, -0.15) is 13.2 Å². The number of guanidine groups is 1. The number of aliphatic imine (C=N–C) groups is 1. The summed E-state index contributed by atoms with van der Waals surface area (Å²) in [4.78, 5) is 7.51. The largest absolute Gasteiger partial charge is 0.401 e. The van der Waals surface area contributed by atoms with E-state index in [-0.39, 0.29) is 17.9 Å². The molecule has 1 heterocycles. The normalized spacial score (nSPS) is 20.1. The monoisotopic (exact) mass is 389 g/mol. The van der Waals surface area contributed by atoms with Gasteiger partial charge in [-0.05, 0) is 38.2 Å². The number of nitrogens with zero attached hydrogens (tertiary/aromatic N) is 3. The van der Waals surface area contributed by atoms with Crippen LogP contribution in [0.15, 0.2) is 29.3 Å². The zero-order chi connectivity index (χ0) is 20.0. The Morgan fingerprint density at radius 3 is 2.70 bits per heavy atom. The zero-order valence-corrected chi connectivity index (χ0v) is 15.9. The van der Waals surface area contributed by atoms with Crippen LogP contribution in [0.25, 0.3) is 0 Å². The molecule has 5 nitrogen and oxygen atoms in total. The molecule has 0 spiro atoms. The predicted octanol–water partition coefficient (Wildman–Crippen LogP) is 2.23. The van der Waals surface area contributed by atoms with Gasteiger partial charge in [0, 0.05) is 32.7 Å². The average molecular weight is 389 g/mol. The molecule has 2 rings (SSSR count). The van der Waals surface area contributed by atoms with E-state index in [0.29, 0.717) is 32.0 Å². The van der Waals surface area contributed by atoms with Gasteiger partial charge in [0.25, 0.3) is 0 Å². The fourth-order valence-electron chi connectivity index (χ4n) is 3.24. The summed E-state index contributed by atoms with van der Waals surface area (Å²) in [6.45, 7) is 0.313. The second-order valence-electron chi connectivity index (χ2n) is 6.97. The summed E-state index contributed by atoms with van der Waals surface area (Å²) in [6, 6.07) is 6.25. The zero-order valence-electron chi connectivity index (χ0n) is 15.9. The van der Waals surface area contributed by atoms with Gasteiger partial charge in [-0.15, -0.1) is 0 Å². The van der Waals surface area contributed by atoms with Crippen LogP contribution in [-0.4, -0.2) is 75.3 Å². The van der Waals surface area contributed by atoms with E-state index >= 15 is 0 Å². The maximum Gasteiger partial charge on any atom is 0.401 e. The highest BCUT2D eigenvalue weighted by Gasteiger charge is 2.34. The van der Waals surface area contributed by atoms with Crippen molar-refractivity contribution in [2.24, 2.45) is 4.99 Å². The quantitative estimate of drug-likeness (QED) is 0.445. The molecule has 0 bridgehead atoms. The molecular formula is C18H27F4N5. The molecule has 0 aromatic heterocycles. The number of likely N-dealkylation sites (N-methyl/N-ethyl adjacent to an activating group) is 1. The molecule has 1 aromatic rings. The van der Waals surface area contributed by atoms with Crippen LogP contribution < -0.4 is 10.6 Å². The average Bonchev–Trinajstić information content (AvgIpc) is 2.98. The number of halogens is 4. The van der Waals surface area contributed by atoms with Crippen LogP contribution in [-0.2, 0) is 0 Å². The molecule has 9 heteroatoms. The molecule has 2 unspecified atom stereocenters. The highest BCUT2D eigenvalue weighted by molar-refractivity contribution is 5.80. The van der Waals surface area contributed by atoms with Crippen molar-refractivity contribution >= 4 is 5.96 Å². The molecule has 0 saturated carbocycles. The van der Waals surface area contributed by atoms with Gasteiger partial charge in [0.2, 0.25) is 0 Å². The van der Waals surface area contributed by atoms with Gasteiger partial charge in [-0.3, -0.25) is 9.89 Å². The summed E-state index contributed by atoms with van der Waals surface area (Å²) in [7, 11) is 5.42. The Balaban J connectivity index is 1.89. The first kappa shape index (κ1) is 21.4. The summed E-state index contributed by atoms with van der Waals surface area (Å²) in [5.74, 6) is 0.231. The van der Waals surface area contributed by atoms with E-state index in [1.807, 2.05) is 25.1 Å². The molecule has 1 aromatic carbocycles. The minimum atomic E-state index is -4.18. The van der Waals surface area contributed by atoms with Gasteiger partial charge >= 0.3 is 6.18 Å². The molecule has 0 aliphatic carbocycles. The molecule has 1 aliphatic rings. The lowest BCUT2D eigenvalue weighted by Crippen LogP contribution is -2.47. The highest BCUT2D eigenvalue weighted by Crippen LogP contribution is 2.20. The van der Waals surface area contributed by atoms with Crippen LogP contribution in [0.4, 0.5) is 17.6 Å². The van der Waals surface area contributed by atoms with Crippen LogP contribution in [0.5, 0.6) is 0 Å². The first-order chi connectivity index (χ1) is 12.7. The van der Waals surface area contributed by atoms with Crippen molar-refractivity contribution in [3.63, 3.8) is 0 Å². The molecule has 1 saturated heterocycles. The van der Waals surface area contributed by atoms with Crippen LogP contribution in [0, 0.1) is 5.82 Å². The first-order valence-corrected chi connectivity index (χ1v) is 8.86. The van der Waals surface area contributed by atoms with E-state index in [9.17, 15) is 17.6 Å². The Morgan fingerprint density at radius 1 is 1.37 bits per heavy atom. The summed E-state index contributed by atoms with van der Waals surface area (Å²) in [6.07, 6.45) is -3.56. The van der Waals surface area contributed by atoms with Crippen LogP contribution in [0.1, 0.15) is 18.0 Å². The van der Waals surface area contributed by atoms with E-state index in [1.165, 1.54) is 17.0 Å². The SMILES string of the molecule is CN=C(NCC(c1cccc(F)c1)N(C)C)NC1CCN(CC(F)(F)F)C1. The first-order valence-electron chi connectivity index (χ1n) is 8.86. The Kier molecular flexibility index (Phi) is 7.43. The van der Waals surface area contributed by atoms with Crippen LogP contribution >= 0.6 is 0 Å². The van der Waals surface area contributed by atoms with Gasteiger partial charge in [0.05, 0.1) is 12.6 Å². The lowest BCUT2D eigenvalue weighted by Gasteiger charge is -2.27. The third-order valence-corrected chi connectivity index (χ3v) is 4.56. The van der Waals surface area contributed by atoms with Crippen molar-refractivity contribution in [2.75, 3.05) is 47.3 Å². The third-order valence-electron chi connectivity index (χ3n) is 4.56. The molecule has 2 N–H and O–H groups in total. The molecule has 1 fully saturated rings. The summed E-state index contributed by atoms with van der Waals surface area (Å²) in [5.41, 5.74) is 0.833. The standard InChI is InChI=1S/C18H27F4N5/c1-23-17(25-15-7-8-27(11-15)12-18(20,21)22)24-10-16(26(2)3)13-5-4-6-14(19)9-13/h4-6,9,15-16H,7-8,10-12H2,1-3H3,(H2,23,24,25). The van der Waals surface area contributed by atoms with E-state index in [4.69, 9.17) is 0 Å². The lowest BCUT2D eigenvalue weighted by atomic mass is 10.1. The Bertz CT molecular complexity index is 632. The van der Waals surface area contributed by atoms with Crippen LogP contribution in [0.3, 0.4) is 0 Å². The van der Waals surface area contributed by atoms with Gasteiger partial charge in [0.15, 0.2) is 5.96 Å². The maximum atomic E-state index is 13.5. The fraction of sp³-hybridized carbons (Fsp3) is 0.611. The van der Waals surface area contributed by atoms with E-state index in [2.05, 4.69) is 15.6 Å². The van der Waals surface area contributed by atoms with Crippen molar-refractivity contribution in [1.82, 2.24) is 20.4 Å². The number of nitrogens with one attached hydrogen (secondary N) is 2. The Hall–Kier alpha value is -1.87. The molecule has 2 atom stereocenters. The second kappa shape index (κ2) is 9.36. The molecule has 1 aliphatic heterocycles. The molecule has 152 valence electrons. The van der Waals surface area contributed by atoms with Gasteiger partial charge in [0.1, 0.15) is 5.82 Å². The molecular weight excluding hydrogens is 362 g/mol. The second-order valence-corrected chi connectivity index (χ2v) is 6.97. The Labute approximate surface area is 157 Å². The van der Waals surface area contributed by atoms with Crippen molar-refractivity contribution in [3.8, 4) is 0 Å². The van der Waals surface area contributed by atoms with E-state index in [1.54, 1.807) is 13.1 Å². The highest BCUT2D eigenvalue weighted by atomic mass is 19.4. The predicted molar refractivity (Wildman–Crippen MR) is 98.2 cm³/mol. The molecule has 0 amide bonds. The smallest absolute Gasteiger partial charge is 0.354 e. The maximum absolute atomic E-state index is 13.5. The van der Waals surface area contributed by atoms with Crippen molar-refractivity contribution in [1.29, 1.82) is 0 Å². The minimum absolute atomic E-state index is 0.0791. The number of rotatable bonds is 6. The number of benzene rings is 1. The number of hydrogen-bond donors (Lipinski definition) is 2. The fourth-order valence-corrected chi connectivity index (χ4v) is 3.24. The third kappa shape index (κ3) is 6.99. The van der Waals surface area contributed by atoms with Gasteiger partial charge in [-0.25, -0.2) is 4.39 Å². The summed E-state index contributed by atoms with van der Waals surface area (Å²) < 4.78 is 51.0. The number of alkyl halides is 3. The topological polar surface area (TPSA) is 42.9 Å². The number of likely N-dealkylation sites (tertiary alicyclic amines) is 1. The van der Waals surface area contributed by atoms with Gasteiger partial charge < -0.3 is 15.5 Å². The van der Waals surface area contributed by atoms with Crippen molar-refractivity contribution < 1.29 is 17.6 Å². The van der Waals surface area contributed by atoms with E-state index < -0.39 is 12.7 Å². The van der Waals surface area contributed by atoms with Gasteiger partial charge in [-0.1, -0.05) is 12.1 Å². The molecule has 0 radical (unpaired) electrons. The minimum Gasteiger partial charge on any atom is -0.354 e. The summed E-state index contributed by atoms with van der Waals surface area (Å²) in [5, 5.41) is 6.37.